The van der Waals surface area contributed by atoms with Crippen LogP contribution in [0.3, 0.4) is 0 Å². The molecule has 0 N–H and O–H groups in total. The van der Waals surface area contributed by atoms with E-state index in [-0.39, 0.29) is 0 Å². The van der Waals surface area contributed by atoms with Crippen LogP contribution in [0.25, 0.3) is 33.1 Å². The molecule has 5 rings (SSSR count). The van der Waals surface area contributed by atoms with Crippen LogP contribution in [0.4, 0.5) is 0 Å². The van der Waals surface area contributed by atoms with Crippen LogP contribution < -0.4 is 0 Å². The zero-order valence-corrected chi connectivity index (χ0v) is 10.6. The Labute approximate surface area is 114 Å². The minimum absolute atomic E-state index is 0.893. The maximum atomic E-state index is 5.66. The molecular formula is C17H10N2O. The molecule has 0 spiro atoms. The zero-order chi connectivity index (χ0) is 13.1. The lowest BCUT2D eigenvalue weighted by molar-refractivity contribution is 0.599. The lowest BCUT2D eigenvalue weighted by Crippen LogP contribution is -1.88. The summed E-state index contributed by atoms with van der Waals surface area (Å²) in [5.74, 6) is 0. The molecule has 3 nitrogen and oxygen atoms in total. The van der Waals surface area contributed by atoms with E-state index in [1.807, 2.05) is 12.3 Å². The Balaban J connectivity index is 2.09. The first-order valence-electron chi connectivity index (χ1n) is 6.64. The molecule has 2 aromatic heterocycles. The van der Waals surface area contributed by atoms with Crippen molar-refractivity contribution >= 4 is 22.0 Å². The highest BCUT2D eigenvalue weighted by Gasteiger charge is 2.26. The molecule has 0 amide bonds. The van der Waals surface area contributed by atoms with E-state index in [1.165, 1.54) is 28.6 Å². The molecule has 0 radical (unpaired) electrons. The first-order chi connectivity index (χ1) is 9.93. The molecule has 0 atom stereocenters. The topological polar surface area (TPSA) is 38.9 Å². The Morgan fingerprint density at radius 2 is 1.90 bits per heavy atom. The van der Waals surface area contributed by atoms with Gasteiger partial charge in [0.15, 0.2) is 12.0 Å². The molecule has 4 aromatic rings. The van der Waals surface area contributed by atoms with Crippen molar-refractivity contribution in [2.24, 2.45) is 0 Å². The first-order valence-corrected chi connectivity index (χ1v) is 6.64. The predicted octanol–water partition coefficient (Wildman–Crippen LogP) is 3.95. The van der Waals surface area contributed by atoms with Crippen molar-refractivity contribution in [3.8, 4) is 11.1 Å². The Morgan fingerprint density at radius 1 is 0.950 bits per heavy atom. The van der Waals surface area contributed by atoms with Gasteiger partial charge in [0.05, 0.1) is 5.52 Å². The van der Waals surface area contributed by atoms with Crippen molar-refractivity contribution in [1.29, 1.82) is 0 Å². The molecule has 94 valence electrons. The highest BCUT2D eigenvalue weighted by atomic mass is 16.3. The lowest BCUT2D eigenvalue weighted by Gasteiger charge is -2.06. The summed E-state index contributed by atoms with van der Waals surface area (Å²) in [6.45, 7) is 0. The summed E-state index contributed by atoms with van der Waals surface area (Å²) < 4.78 is 5.66. The number of hydrogen-bond donors (Lipinski definition) is 0. The predicted molar refractivity (Wildman–Crippen MR) is 77.6 cm³/mol. The number of nitrogens with zero attached hydrogens (tertiary/aromatic N) is 2. The average Bonchev–Trinajstić information content (AvgIpc) is 3.12. The molecule has 3 heteroatoms. The van der Waals surface area contributed by atoms with E-state index in [0.29, 0.717) is 0 Å². The number of rotatable bonds is 0. The maximum absolute atomic E-state index is 5.66. The molecule has 0 aliphatic heterocycles. The van der Waals surface area contributed by atoms with Gasteiger partial charge >= 0.3 is 0 Å². The fourth-order valence-corrected chi connectivity index (χ4v) is 3.27. The fourth-order valence-electron chi connectivity index (χ4n) is 3.27. The Bertz CT molecular complexity index is 985. The van der Waals surface area contributed by atoms with Crippen LogP contribution in [-0.4, -0.2) is 9.97 Å². The van der Waals surface area contributed by atoms with Gasteiger partial charge in [0, 0.05) is 29.1 Å². The van der Waals surface area contributed by atoms with Gasteiger partial charge in [0.2, 0.25) is 0 Å². The van der Waals surface area contributed by atoms with Crippen molar-refractivity contribution in [3.05, 3.63) is 60.1 Å². The molecule has 2 heterocycles. The molecule has 1 aliphatic rings. The van der Waals surface area contributed by atoms with E-state index >= 15 is 0 Å². The summed E-state index contributed by atoms with van der Waals surface area (Å²) in [4.78, 5) is 8.98. The lowest BCUT2D eigenvalue weighted by atomic mass is 10.0. The largest absolute Gasteiger partial charge is 0.443 e. The van der Waals surface area contributed by atoms with E-state index < -0.39 is 0 Å². The number of fused-ring (bicyclic) bond motifs is 8. The highest BCUT2D eigenvalue weighted by molar-refractivity contribution is 6.12. The summed E-state index contributed by atoms with van der Waals surface area (Å²) in [6.07, 6.45) is 4.26. The molecule has 0 saturated heterocycles. The average molecular weight is 258 g/mol. The molecular weight excluding hydrogens is 248 g/mol. The second-order valence-corrected chi connectivity index (χ2v) is 5.12. The van der Waals surface area contributed by atoms with Gasteiger partial charge in [-0.25, -0.2) is 4.98 Å². The molecule has 0 fully saturated rings. The van der Waals surface area contributed by atoms with Crippen LogP contribution in [0.2, 0.25) is 0 Å². The quantitative estimate of drug-likeness (QED) is 0.422. The zero-order valence-electron chi connectivity index (χ0n) is 10.6. The third-order valence-corrected chi connectivity index (χ3v) is 4.10. The minimum atomic E-state index is 0.893. The van der Waals surface area contributed by atoms with Crippen molar-refractivity contribution in [2.75, 3.05) is 0 Å². The second kappa shape index (κ2) is 3.45. The van der Waals surface area contributed by atoms with Crippen LogP contribution >= 0.6 is 0 Å². The van der Waals surface area contributed by atoms with Crippen LogP contribution in [0.15, 0.2) is 53.4 Å². The Morgan fingerprint density at radius 3 is 2.90 bits per heavy atom. The van der Waals surface area contributed by atoms with Gasteiger partial charge in [-0.2, -0.15) is 0 Å². The third kappa shape index (κ3) is 1.11. The van der Waals surface area contributed by atoms with Gasteiger partial charge in [-0.3, -0.25) is 4.98 Å². The monoisotopic (exact) mass is 258 g/mol. The SMILES string of the molecule is c1ccc2c(c1)Cc1c-2c2ncccc2c2ncoc12. The Hall–Kier alpha value is -2.68. The van der Waals surface area contributed by atoms with E-state index in [4.69, 9.17) is 4.42 Å². The van der Waals surface area contributed by atoms with Crippen LogP contribution in [0.1, 0.15) is 11.1 Å². The van der Waals surface area contributed by atoms with Crippen molar-refractivity contribution < 1.29 is 4.42 Å². The number of hydrogen-bond acceptors (Lipinski definition) is 3. The smallest absolute Gasteiger partial charge is 0.182 e. The fraction of sp³-hybridized carbons (Fsp3) is 0.0588. The normalized spacial score (nSPS) is 12.8. The van der Waals surface area contributed by atoms with E-state index in [9.17, 15) is 0 Å². The number of aromatic nitrogens is 2. The molecule has 2 aromatic carbocycles. The van der Waals surface area contributed by atoms with Gasteiger partial charge in [-0.05, 0) is 23.3 Å². The van der Waals surface area contributed by atoms with E-state index in [2.05, 4.69) is 40.3 Å². The first kappa shape index (κ1) is 10.1. The highest BCUT2D eigenvalue weighted by Crippen LogP contribution is 2.44. The van der Waals surface area contributed by atoms with E-state index in [1.54, 1.807) is 0 Å². The standard InChI is InChI=1S/C17H10N2O/c1-2-5-11-10(4-1)8-13-14(11)15-12(6-3-7-18-15)16-17(13)20-9-19-16/h1-7,9H,8H2. The summed E-state index contributed by atoms with van der Waals surface area (Å²) >= 11 is 0. The van der Waals surface area contributed by atoms with Crippen molar-refractivity contribution in [1.82, 2.24) is 9.97 Å². The number of oxazole rings is 1. The minimum Gasteiger partial charge on any atom is -0.443 e. The van der Waals surface area contributed by atoms with Gasteiger partial charge in [0.1, 0.15) is 5.52 Å². The molecule has 1 aliphatic carbocycles. The third-order valence-electron chi connectivity index (χ3n) is 4.10. The maximum Gasteiger partial charge on any atom is 0.182 e. The van der Waals surface area contributed by atoms with Gasteiger partial charge < -0.3 is 4.42 Å². The van der Waals surface area contributed by atoms with Gasteiger partial charge in [-0.1, -0.05) is 24.3 Å². The van der Waals surface area contributed by atoms with Crippen molar-refractivity contribution in [2.45, 2.75) is 6.42 Å². The summed E-state index contributed by atoms with van der Waals surface area (Å²) in [7, 11) is 0. The molecule has 0 unspecified atom stereocenters. The molecule has 20 heavy (non-hydrogen) atoms. The summed E-state index contributed by atoms with van der Waals surface area (Å²) in [5.41, 5.74) is 7.86. The van der Waals surface area contributed by atoms with Crippen LogP contribution in [0, 0.1) is 0 Å². The Kier molecular flexibility index (Phi) is 1.75. The van der Waals surface area contributed by atoms with Gasteiger partial charge in [-0.15, -0.1) is 0 Å². The summed E-state index contributed by atoms with van der Waals surface area (Å²) in [6, 6.07) is 12.5. The summed E-state index contributed by atoms with van der Waals surface area (Å²) in [5, 5.41) is 1.06. The number of pyridine rings is 1. The van der Waals surface area contributed by atoms with E-state index in [0.717, 1.165) is 28.4 Å². The van der Waals surface area contributed by atoms with Gasteiger partial charge in [0.25, 0.3) is 0 Å². The molecule has 0 bridgehead atoms. The van der Waals surface area contributed by atoms with Crippen molar-refractivity contribution in [3.63, 3.8) is 0 Å². The van der Waals surface area contributed by atoms with Crippen LogP contribution in [-0.2, 0) is 6.42 Å². The van der Waals surface area contributed by atoms with Crippen LogP contribution in [0.5, 0.6) is 0 Å². The molecule has 0 saturated carbocycles. The number of benzene rings is 2. The second-order valence-electron chi connectivity index (χ2n) is 5.12.